The second-order valence-electron chi connectivity index (χ2n) is 3.42. The van der Waals surface area contributed by atoms with Crippen LogP contribution in [0.2, 0.25) is 5.22 Å². The van der Waals surface area contributed by atoms with E-state index in [-0.39, 0.29) is 11.8 Å². The molecule has 1 aromatic carbocycles. The van der Waals surface area contributed by atoms with Gasteiger partial charge in [0.15, 0.2) is 5.22 Å². The molecule has 0 fully saturated rings. The summed E-state index contributed by atoms with van der Waals surface area (Å²) in [5.74, 6) is 1.08. The van der Waals surface area contributed by atoms with Gasteiger partial charge in [-0.1, -0.05) is 15.9 Å². The first-order chi connectivity index (χ1) is 8.15. The summed E-state index contributed by atoms with van der Waals surface area (Å²) in [6.45, 7) is 0.117. The number of furan rings is 1. The van der Waals surface area contributed by atoms with Gasteiger partial charge in [-0.2, -0.15) is 0 Å². The van der Waals surface area contributed by atoms with E-state index < -0.39 is 6.10 Å². The van der Waals surface area contributed by atoms with Gasteiger partial charge in [-0.05, 0) is 48.0 Å². The highest BCUT2D eigenvalue weighted by Gasteiger charge is 2.12. The molecule has 1 heterocycles. The van der Waals surface area contributed by atoms with Crippen LogP contribution in [-0.4, -0.2) is 11.7 Å². The first-order valence-corrected chi connectivity index (χ1v) is 6.14. The molecule has 0 saturated heterocycles. The summed E-state index contributed by atoms with van der Waals surface area (Å²) in [6, 6.07) is 10.6. The van der Waals surface area contributed by atoms with Gasteiger partial charge in [0, 0.05) is 4.47 Å². The van der Waals surface area contributed by atoms with Gasteiger partial charge in [-0.15, -0.1) is 0 Å². The third-order valence-electron chi connectivity index (χ3n) is 2.14. The lowest BCUT2D eigenvalue weighted by Crippen LogP contribution is -2.08. The highest BCUT2D eigenvalue weighted by molar-refractivity contribution is 9.10. The molecule has 3 nitrogen and oxygen atoms in total. The SMILES string of the molecule is OC(COc1ccc(Br)cc1)c1ccc(Cl)o1. The predicted molar refractivity (Wildman–Crippen MR) is 68.3 cm³/mol. The van der Waals surface area contributed by atoms with Crippen LogP contribution in [0, 0.1) is 0 Å². The fourth-order valence-electron chi connectivity index (χ4n) is 1.30. The molecule has 2 aromatic rings. The number of rotatable bonds is 4. The number of aliphatic hydroxyl groups excluding tert-OH is 1. The number of ether oxygens (including phenoxy) is 1. The van der Waals surface area contributed by atoms with Gasteiger partial charge < -0.3 is 14.3 Å². The maximum Gasteiger partial charge on any atom is 0.193 e. The van der Waals surface area contributed by atoms with Crippen LogP contribution in [0.15, 0.2) is 45.3 Å². The lowest BCUT2D eigenvalue weighted by Gasteiger charge is -2.10. The Morgan fingerprint density at radius 3 is 2.53 bits per heavy atom. The average Bonchev–Trinajstić information content (AvgIpc) is 2.75. The number of benzene rings is 1. The van der Waals surface area contributed by atoms with Crippen molar-refractivity contribution in [2.24, 2.45) is 0 Å². The Morgan fingerprint density at radius 2 is 1.94 bits per heavy atom. The highest BCUT2D eigenvalue weighted by atomic mass is 79.9. The maximum atomic E-state index is 9.76. The van der Waals surface area contributed by atoms with Crippen LogP contribution < -0.4 is 4.74 Å². The quantitative estimate of drug-likeness (QED) is 0.932. The Kier molecular flexibility index (Phi) is 4.10. The topological polar surface area (TPSA) is 42.6 Å². The molecule has 0 bridgehead atoms. The van der Waals surface area contributed by atoms with Crippen molar-refractivity contribution in [1.29, 1.82) is 0 Å². The van der Waals surface area contributed by atoms with E-state index in [1.165, 1.54) is 0 Å². The van der Waals surface area contributed by atoms with Crippen molar-refractivity contribution in [3.8, 4) is 5.75 Å². The van der Waals surface area contributed by atoms with Crippen LogP contribution in [0.3, 0.4) is 0 Å². The number of aliphatic hydroxyl groups is 1. The summed E-state index contributed by atoms with van der Waals surface area (Å²) in [5.41, 5.74) is 0. The van der Waals surface area contributed by atoms with E-state index in [0.717, 1.165) is 4.47 Å². The van der Waals surface area contributed by atoms with Gasteiger partial charge in [-0.3, -0.25) is 0 Å². The molecule has 0 radical (unpaired) electrons. The first-order valence-electron chi connectivity index (χ1n) is 4.97. The van der Waals surface area contributed by atoms with Crippen molar-refractivity contribution < 1.29 is 14.3 Å². The predicted octanol–water partition coefficient (Wildman–Crippen LogP) is 3.81. The van der Waals surface area contributed by atoms with E-state index >= 15 is 0 Å². The van der Waals surface area contributed by atoms with Gasteiger partial charge in [-0.25, -0.2) is 0 Å². The van der Waals surface area contributed by atoms with Gasteiger partial charge in [0.2, 0.25) is 0 Å². The van der Waals surface area contributed by atoms with E-state index in [0.29, 0.717) is 11.5 Å². The Balaban J connectivity index is 1.92. The molecule has 1 unspecified atom stereocenters. The molecule has 0 amide bonds. The van der Waals surface area contributed by atoms with E-state index in [9.17, 15) is 5.11 Å². The van der Waals surface area contributed by atoms with Gasteiger partial charge in [0.25, 0.3) is 0 Å². The fourth-order valence-corrected chi connectivity index (χ4v) is 1.71. The largest absolute Gasteiger partial charge is 0.490 e. The molecular weight excluding hydrogens is 307 g/mol. The summed E-state index contributed by atoms with van der Waals surface area (Å²) in [6.07, 6.45) is -0.828. The minimum atomic E-state index is -0.828. The summed E-state index contributed by atoms with van der Waals surface area (Å²) in [4.78, 5) is 0. The van der Waals surface area contributed by atoms with Gasteiger partial charge in [0.1, 0.15) is 24.2 Å². The van der Waals surface area contributed by atoms with Crippen LogP contribution in [0.1, 0.15) is 11.9 Å². The zero-order valence-electron chi connectivity index (χ0n) is 8.77. The molecule has 0 aliphatic rings. The molecule has 17 heavy (non-hydrogen) atoms. The molecule has 1 atom stereocenters. The van der Waals surface area contributed by atoms with Crippen LogP contribution in [0.4, 0.5) is 0 Å². The second kappa shape index (κ2) is 5.58. The lowest BCUT2D eigenvalue weighted by molar-refractivity contribution is 0.0889. The molecule has 0 saturated carbocycles. The Hall–Kier alpha value is -0.970. The first kappa shape index (κ1) is 12.5. The van der Waals surface area contributed by atoms with Crippen molar-refractivity contribution in [3.63, 3.8) is 0 Å². The van der Waals surface area contributed by atoms with Crippen LogP contribution >= 0.6 is 27.5 Å². The molecule has 0 aliphatic carbocycles. The molecular formula is C12H10BrClO3. The minimum absolute atomic E-state index is 0.117. The van der Waals surface area contributed by atoms with Gasteiger partial charge in [0.05, 0.1) is 0 Å². The van der Waals surface area contributed by atoms with Gasteiger partial charge >= 0.3 is 0 Å². The monoisotopic (exact) mass is 316 g/mol. The zero-order chi connectivity index (χ0) is 12.3. The summed E-state index contributed by atoms with van der Waals surface area (Å²) in [7, 11) is 0. The van der Waals surface area contributed by atoms with Crippen molar-refractivity contribution in [2.45, 2.75) is 6.10 Å². The number of hydrogen-bond donors (Lipinski definition) is 1. The molecule has 0 spiro atoms. The Morgan fingerprint density at radius 1 is 1.24 bits per heavy atom. The lowest BCUT2D eigenvalue weighted by atomic mass is 10.3. The Labute approximate surface area is 112 Å². The van der Waals surface area contributed by atoms with E-state index in [4.69, 9.17) is 20.8 Å². The van der Waals surface area contributed by atoms with Crippen LogP contribution in [-0.2, 0) is 0 Å². The van der Waals surface area contributed by atoms with Crippen molar-refractivity contribution in [2.75, 3.05) is 6.61 Å². The summed E-state index contributed by atoms with van der Waals surface area (Å²) >= 11 is 8.95. The molecule has 0 aliphatic heterocycles. The molecule has 2 rings (SSSR count). The molecule has 90 valence electrons. The standard InChI is InChI=1S/C12H10BrClO3/c13-8-1-3-9(4-2-8)16-7-10(15)11-5-6-12(14)17-11/h1-6,10,15H,7H2. The van der Waals surface area contributed by atoms with Crippen molar-refractivity contribution in [3.05, 3.63) is 51.9 Å². The molecule has 1 N–H and O–H groups in total. The zero-order valence-corrected chi connectivity index (χ0v) is 11.1. The number of halogens is 2. The van der Waals surface area contributed by atoms with Crippen LogP contribution in [0.25, 0.3) is 0 Å². The van der Waals surface area contributed by atoms with E-state index in [1.54, 1.807) is 12.1 Å². The van der Waals surface area contributed by atoms with Crippen LogP contribution in [0.5, 0.6) is 5.75 Å². The molecule has 1 aromatic heterocycles. The Bertz CT molecular complexity index is 481. The molecule has 5 heteroatoms. The highest BCUT2D eigenvalue weighted by Crippen LogP contribution is 2.22. The van der Waals surface area contributed by atoms with Crippen molar-refractivity contribution >= 4 is 27.5 Å². The normalized spacial score (nSPS) is 12.4. The number of hydrogen-bond acceptors (Lipinski definition) is 3. The third kappa shape index (κ3) is 3.49. The van der Waals surface area contributed by atoms with Crippen molar-refractivity contribution in [1.82, 2.24) is 0 Å². The smallest absolute Gasteiger partial charge is 0.193 e. The van der Waals surface area contributed by atoms with E-state index in [2.05, 4.69) is 15.9 Å². The summed E-state index contributed by atoms with van der Waals surface area (Å²) in [5, 5.41) is 10.0. The average molecular weight is 318 g/mol. The fraction of sp³-hybridized carbons (Fsp3) is 0.167. The minimum Gasteiger partial charge on any atom is -0.490 e. The summed E-state index contributed by atoms with van der Waals surface area (Å²) < 4.78 is 11.5. The second-order valence-corrected chi connectivity index (χ2v) is 4.71. The third-order valence-corrected chi connectivity index (χ3v) is 2.88. The maximum absolute atomic E-state index is 9.76. The van der Waals surface area contributed by atoms with E-state index in [1.807, 2.05) is 24.3 Å².